The SMILES string of the molecule is COc1cc(-c2nnc(COC(=O)CCc3c[nH]c4ccccc34)o2)cc(OC)c1OC. The van der Waals surface area contributed by atoms with Crippen molar-refractivity contribution in [2.24, 2.45) is 0 Å². The molecule has 0 aliphatic carbocycles. The molecule has 2 heterocycles. The predicted octanol–water partition coefficient (Wildman–Crippen LogP) is 3.92. The van der Waals surface area contributed by atoms with Gasteiger partial charge in [-0.25, -0.2) is 0 Å². The molecule has 32 heavy (non-hydrogen) atoms. The molecule has 0 spiro atoms. The van der Waals surface area contributed by atoms with Gasteiger partial charge in [0.05, 0.1) is 21.3 Å². The van der Waals surface area contributed by atoms with Gasteiger partial charge in [-0.15, -0.1) is 10.2 Å². The van der Waals surface area contributed by atoms with Gasteiger partial charge in [-0.2, -0.15) is 0 Å². The fourth-order valence-corrected chi connectivity index (χ4v) is 3.42. The fraction of sp³-hybridized carbons (Fsp3) is 0.261. The Hall–Kier alpha value is -4.01. The molecule has 0 bridgehead atoms. The lowest BCUT2D eigenvalue weighted by Crippen LogP contribution is -2.06. The van der Waals surface area contributed by atoms with Crippen LogP contribution < -0.4 is 14.2 Å². The molecule has 0 aliphatic heterocycles. The molecule has 0 aliphatic rings. The van der Waals surface area contributed by atoms with Gasteiger partial charge in [-0.05, 0) is 30.2 Å². The number of esters is 1. The minimum Gasteiger partial charge on any atom is -0.493 e. The van der Waals surface area contributed by atoms with Crippen LogP contribution in [0.2, 0.25) is 0 Å². The van der Waals surface area contributed by atoms with Crippen molar-refractivity contribution >= 4 is 16.9 Å². The quantitative estimate of drug-likeness (QED) is 0.393. The van der Waals surface area contributed by atoms with Gasteiger partial charge in [0.1, 0.15) is 0 Å². The monoisotopic (exact) mass is 437 g/mol. The third kappa shape index (κ3) is 4.36. The molecule has 0 fully saturated rings. The Bertz CT molecular complexity index is 1200. The molecular weight excluding hydrogens is 414 g/mol. The fourth-order valence-electron chi connectivity index (χ4n) is 3.42. The molecule has 0 amide bonds. The first-order valence-corrected chi connectivity index (χ1v) is 9.96. The zero-order valence-corrected chi connectivity index (χ0v) is 18.0. The largest absolute Gasteiger partial charge is 0.493 e. The highest BCUT2D eigenvalue weighted by molar-refractivity contribution is 5.83. The lowest BCUT2D eigenvalue weighted by Gasteiger charge is -2.12. The van der Waals surface area contributed by atoms with Gasteiger partial charge in [0, 0.05) is 29.1 Å². The molecule has 4 rings (SSSR count). The molecule has 1 N–H and O–H groups in total. The summed E-state index contributed by atoms with van der Waals surface area (Å²) in [7, 11) is 4.57. The Morgan fingerprint density at radius 1 is 1.03 bits per heavy atom. The zero-order chi connectivity index (χ0) is 22.5. The second kappa shape index (κ2) is 9.42. The van der Waals surface area contributed by atoms with E-state index in [4.69, 9.17) is 23.4 Å². The standard InChI is InChI=1S/C23H23N3O6/c1-28-18-10-15(11-19(29-2)22(18)30-3)23-26-25-20(32-23)13-31-21(27)9-8-14-12-24-17-7-5-4-6-16(14)17/h4-7,10-12,24H,8-9,13H2,1-3H3. The number of benzene rings is 2. The van der Waals surface area contributed by atoms with E-state index in [1.165, 1.54) is 21.3 Å². The van der Waals surface area contributed by atoms with E-state index in [1.54, 1.807) is 12.1 Å². The van der Waals surface area contributed by atoms with E-state index in [1.807, 2.05) is 30.5 Å². The van der Waals surface area contributed by atoms with Crippen LogP contribution in [0.1, 0.15) is 17.9 Å². The van der Waals surface area contributed by atoms with Crippen molar-refractivity contribution in [3.05, 3.63) is 54.0 Å². The first-order valence-electron chi connectivity index (χ1n) is 9.96. The van der Waals surface area contributed by atoms with E-state index in [0.717, 1.165) is 16.5 Å². The minimum absolute atomic E-state index is 0.107. The molecule has 9 nitrogen and oxygen atoms in total. The molecule has 0 atom stereocenters. The maximum atomic E-state index is 12.2. The third-order valence-electron chi connectivity index (χ3n) is 5.01. The Balaban J connectivity index is 1.37. The molecule has 4 aromatic rings. The number of rotatable bonds is 9. The van der Waals surface area contributed by atoms with Crippen molar-refractivity contribution in [3.8, 4) is 28.7 Å². The van der Waals surface area contributed by atoms with Crippen molar-refractivity contribution < 1.29 is 28.2 Å². The summed E-state index contributed by atoms with van der Waals surface area (Å²) >= 11 is 0. The van der Waals surface area contributed by atoms with Gasteiger partial charge in [0.15, 0.2) is 18.1 Å². The highest BCUT2D eigenvalue weighted by Crippen LogP contribution is 2.40. The number of fused-ring (bicyclic) bond motifs is 1. The second-order valence-corrected chi connectivity index (χ2v) is 6.94. The number of carbonyl (C=O) groups is 1. The van der Waals surface area contributed by atoms with Crippen LogP contribution in [0, 0.1) is 0 Å². The van der Waals surface area contributed by atoms with E-state index in [0.29, 0.717) is 29.2 Å². The van der Waals surface area contributed by atoms with Gasteiger partial charge < -0.3 is 28.3 Å². The maximum absolute atomic E-state index is 12.2. The van der Waals surface area contributed by atoms with Crippen molar-refractivity contribution in [3.63, 3.8) is 0 Å². The summed E-state index contributed by atoms with van der Waals surface area (Å²) in [6.07, 6.45) is 2.73. The van der Waals surface area contributed by atoms with Gasteiger partial charge in [0.25, 0.3) is 5.89 Å². The molecule has 0 saturated carbocycles. The Labute approximate surface area is 184 Å². The smallest absolute Gasteiger partial charge is 0.306 e. The normalized spacial score (nSPS) is 10.8. The van der Waals surface area contributed by atoms with Crippen molar-refractivity contribution in [2.45, 2.75) is 19.4 Å². The third-order valence-corrected chi connectivity index (χ3v) is 5.01. The molecule has 2 aromatic heterocycles. The lowest BCUT2D eigenvalue weighted by atomic mass is 10.1. The first-order chi connectivity index (χ1) is 15.6. The van der Waals surface area contributed by atoms with Crippen LogP contribution in [0.3, 0.4) is 0 Å². The summed E-state index contributed by atoms with van der Waals surface area (Å²) in [5.41, 5.74) is 2.70. The second-order valence-electron chi connectivity index (χ2n) is 6.94. The number of ether oxygens (including phenoxy) is 4. The molecule has 0 saturated heterocycles. The van der Waals surface area contributed by atoms with Gasteiger partial charge in [0.2, 0.25) is 11.6 Å². The number of nitrogens with zero attached hydrogens (tertiary/aromatic N) is 2. The summed E-state index contributed by atoms with van der Waals surface area (Å²) in [4.78, 5) is 15.4. The summed E-state index contributed by atoms with van der Waals surface area (Å²) in [6.45, 7) is -0.107. The minimum atomic E-state index is -0.345. The maximum Gasteiger partial charge on any atom is 0.306 e. The van der Waals surface area contributed by atoms with Crippen LogP contribution in [0.4, 0.5) is 0 Å². The lowest BCUT2D eigenvalue weighted by molar-refractivity contribution is -0.145. The number of nitrogens with one attached hydrogen (secondary N) is 1. The molecule has 9 heteroatoms. The molecular formula is C23H23N3O6. The Morgan fingerprint density at radius 3 is 2.50 bits per heavy atom. The predicted molar refractivity (Wildman–Crippen MR) is 116 cm³/mol. The summed E-state index contributed by atoms with van der Waals surface area (Å²) in [5.74, 6) is 1.48. The van der Waals surface area contributed by atoms with Crippen LogP contribution in [-0.4, -0.2) is 42.5 Å². The van der Waals surface area contributed by atoms with Crippen molar-refractivity contribution in [2.75, 3.05) is 21.3 Å². The van der Waals surface area contributed by atoms with Crippen LogP contribution >= 0.6 is 0 Å². The van der Waals surface area contributed by atoms with Crippen LogP contribution in [0.15, 0.2) is 47.0 Å². The number of aromatic amines is 1. The average Bonchev–Trinajstić information content (AvgIpc) is 3.47. The Kier molecular flexibility index (Phi) is 6.25. The van der Waals surface area contributed by atoms with Gasteiger partial charge in [-0.1, -0.05) is 18.2 Å². The Morgan fingerprint density at radius 2 is 1.78 bits per heavy atom. The number of carbonyl (C=O) groups excluding carboxylic acids is 1. The van der Waals surface area contributed by atoms with E-state index >= 15 is 0 Å². The molecule has 0 unspecified atom stereocenters. The number of para-hydroxylation sites is 1. The summed E-state index contributed by atoms with van der Waals surface area (Å²) in [6, 6.07) is 11.4. The number of hydrogen-bond acceptors (Lipinski definition) is 8. The van der Waals surface area contributed by atoms with Gasteiger partial charge in [-0.3, -0.25) is 4.79 Å². The summed E-state index contributed by atoms with van der Waals surface area (Å²) < 4.78 is 26.9. The van der Waals surface area contributed by atoms with E-state index in [2.05, 4.69) is 15.2 Å². The highest BCUT2D eigenvalue weighted by Gasteiger charge is 2.18. The first kappa shape index (κ1) is 21.2. The summed E-state index contributed by atoms with van der Waals surface area (Å²) in [5, 5.41) is 9.09. The topological polar surface area (TPSA) is 109 Å². The van der Waals surface area contributed by atoms with Crippen molar-refractivity contribution in [1.29, 1.82) is 0 Å². The molecule has 166 valence electrons. The van der Waals surface area contributed by atoms with E-state index in [-0.39, 0.29) is 30.8 Å². The zero-order valence-electron chi connectivity index (χ0n) is 18.0. The number of aromatic nitrogens is 3. The van der Waals surface area contributed by atoms with E-state index < -0.39 is 0 Å². The number of aryl methyl sites for hydroxylation is 1. The molecule has 0 radical (unpaired) electrons. The van der Waals surface area contributed by atoms with Gasteiger partial charge >= 0.3 is 5.97 Å². The highest BCUT2D eigenvalue weighted by atomic mass is 16.5. The average molecular weight is 437 g/mol. The van der Waals surface area contributed by atoms with E-state index in [9.17, 15) is 4.79 Å². The van der Waals surface area contributed by atoms with Crippen LogP contribution in [-0.2, 0) is 22.6 Å². The number of methoxy groups -OCH3 is 3. The molecule has 2 aromatic carbocycles. The van der Waals surface area contributed by atoms with Crippen molar-refractivity contribution in [1.82, 2.24) is 15.2 Å². The van der Waals surface area contributed by atoms with Crippen LogP contribution in [0.5, 0.6) is 17.2 Å². The number of hydrogen-bond donors (Lipinski definition) is 1. The number of H-pyrrole nitrogens is 1. The van der Waals surface area contributed by atoms with Crippen LogP contribution in [0.25, 0.3) is 22.4 Å².